The van der Waals surface area contributed by atoms with Crippen LogP contribution in [0.15, 0.2) is 36.4 Å². The maximum Gasteiger partial charge on any atom is 0.273 e. The molecule has 1 saturated heterocycles. The summed E-state index contributed by atoms with van der Waals surface area (Å²) < 4.78 is 5.52. The highest BCUT2D eigenvalue weighted by molar-refractivity contribution is 6.22. The molecule has 154 valence electrons. The van der Waals surface area contributed by atoms with Gasteiger partial charge < -0.3 is 10.1 Å². The lowest BCUT2D eigenvalue weighted by Gasteiger charge is -2.17. The van der Waals surface area contributed by atoms with Gasteiger partial charge in [-0.1, -0.05) is 6.07 Å². The number of carbonyl (C=O) groups is 3. The average Bonchev–Trinajstić information content (AvgIpc) is 3.31. The van der Waals surface area contributed by atoms with Crippen LogP contribution in [0.25, 0.3) is 0 Å². The van der Waals surface area contributed by atoms with E-state index in [9.17, 15) is 24.5 Å². The summed E-state index contributed by atoms with van der Waals surface area (Å²) in [4.78, 5) is 49.7. The van der Waals surface area contributed by atoms with Crippen molar-refractivity contribution in [3.8, 4) is 0 Å². The van der Waals surface area contributed by atoms with Crippen LogP contribution in [-0.4, -0.2) is 46.8 Å². The summed E-state index contributed by atoms with van der Waals surface area (Å²) in [6, 6.07) is 8.74. The molecule has 2 aromatic rings. The number of ether oxygens (including phenoxy) is 1. The number of nitro benzene ring substituents is 1. The van der Waals surface area contributed by atoms with Gasteiger partial charge >= 0.3 is 0 Å². The lowest BCUT2D eigenvalue weighted by Crippen LogP contribution is -2.36. The Hall–Kier alpha value is -3.59. The van der Waals surface area contributed by atoms with Crippen LogP contribution in [0.1, 0.15) is 49.5 Å². The Morgan fingerprint density at radius 3 is 2.70 bits per heavy atom. The minimum absolute atomic E-state index is 0.150. The van der Waals surface area contributed by atoms with Gasteiger partial charge in [0.15, 0.2) is 0 Å². The van der Waals surface area contributed by atoms with Gasteiger partial charge in [-0.15, -0.1) is 0 Å². The van der Waals surface area contributed by atoms with E-state index in [1.54, 1.807) is 0 Å². The first-order valence-electron chi connectivity index (χ1n) is 9.54. The van der Waals surface area contributed by atoms with E-state index in [2.05, 4.69) is 5.32 Å². The number of nitro groups is 1. The Morgan fingerprint density at radius 1 is 1.23 bits per heavy atom. The molecular formula is C21H19N3O6. The van der Waals surface area contributed by atoms with Gasteiger partial charge in [0, 0.05) is 29.5 Å². The number of carbonyl (C=O) groups excluding carboxylic acids is 3. The van der Waals surface area contributed by atoms with Crippen LogP contribution in [0.3, 0.4) is 0 Å². The van der Waals surface area contributed by atoms with Crippen molar-refractivity contribution in [2.24, 2.45) is 0 Å². The van der Waals surface area contributed by atoms with Crippen LogP contribution in [0, 0.1) is 17.0 Å². The van der Waals surface area contributed by atoms with Gasteiger partial charge in [-0.25, -0.2) is 0 Å². The van der Waals surface area contributed by atoms with Crippen molar-refractivity contribution in [1.29, 1.82) is 0 Å². The number of amides is 3. The first-order chi connectivity index (χ1) is 14.4. The van der Waals surface area contributed by atoms with Crippen LogP contribution in [0.2, 0.25) is 0 Å². The first kappa shape index (κ1) is 19.7. The van der Waals surface area contributed by atoms with E-state index in [0.717, 1.165) is 12.8 Å². The third kappa shape index (κ3) is 3.43. The first-order valence-corrected chi connectivity index (χ1v) is 9.54. The molecule has 0 saturated carbocycles. The number of benzene rings is 2. The summed E-state index contributed by atoms with van der Waals surface area (Å²) in [5.41, 5.74) is 1.07. The number of rotatable bonds is 5. The Kier molecular flexibility index (Phi) is 5.04. The highest BCUT2D eigenvalue weighted by Crippen LogP contribution is 2.28. The molecule has 0 spiro atoms. The van der Waals surface area contributed by atoms with Crippen molar-refractivity contribution < 1.29 is 24.0 Å². The predicted octanol–water partition coefficient (Wildman–Crippen LogP) is 2.93. The molecule has 3 amide bonds. The molecule has 0 aromatic heterocycles. The topological polar surface area (TPSA) is 119 Å². The van der Waals surface area contributed by atoms with Gasteiger partial charge in [0.1, 0.15) is 0 Å². The summed E-state index contributed by atoms with van der Waals surface area (Å²) in [7, 11) is 0. The second-order valence-corrected chi connectivity index (χ2v) is 7.28. The fraction of sp³-hybridized carbons (Fsp3) is 0.286. The van der Waals surface area contributed by atoms with E-state index in [4.69, 9.17) is 4.74 Å². The molecule has 2 aromatic carbocycles. The Morgan fingerprint density at radius 2 is 2.00 bits per heavy atom. The normalized spacial score (nSPS) is 17.9. The number of hydrogen-bond acceptors (Lipinski definition) is 6. The number of hydrogen-bond donors (Lipinski definition) is 1. The Bertz CT molecular complexity index is 1070. The molecule has 9 heteroatoms. The highest BCUT2D eigenvalue weighted by atomic mass is 16.6. The summed E-state index contributed by atoms with van der Waals surface area (Å²) in [6.07, 6.45) is 1.56. The number of imide groups is 1. The second kappa shape index (κ2) is 7.68. The van der Waals surface area contributed by atoms with Gasteiger partial charge in [-0.3, -0.25) is 29.4 Å². The molecule has 0 radical (unpaired) electrons. The van der Waals surface area contributed by atoms with Crippen molar-refractivity contribution >= 4 is 29.1 Å². The van der Waals surface area contributed by atoms with Crippen LogP contribution in [-0.2, 0) is 4.74 Å². The molecule has 0 bridgehead atoms. The standard InChI is InChI=1S/C21H19N3O6/c1-12-15(5-2-6-18(12)24(28)29)19(25)22-13-7-8-16-17(10-13)21(27)23(20(16)26)11-14-4-3-9-30-14/h2,5-8,10,14H,3-4,9,11H2,1H3,(H,22,25). The molecule has 1 atom stereocenters. The van der Waals surface area contributed by atoms with E-state index in [1.165, 1.54) is 48.2 Å². The fourth-order valence-corrected chi connectivity index (χ4v) is 3.79. The SMILES string of the molecule is Cc1c(C(=O)Nc2ccc3c(c2)C(=O)N(CC2CCCO2)C3=O)cccc1[N+](=O)[O-]. The van der Waals surface area contributed by atoms with Gasteiger partial charge in [-0.05, 0) is 44.0 Å². The molecular weight excluding hydrogens is 390 g/mol. The van der Waals surface area contributed by atoms with Gasteiger partial charge in [0.2, 0.25) is 0 Å². The van der Waals surface area contributed by atoms with Crippen molar-refractivity contribution in [3.63, 3.8) is 0 Å². The molecule has 4 rings (SSSR count). The third-order valence-electron chi connectivity index (χ3n) is 5.39. The lowest BCUT2D eigenvalue weighted by molar-refractivity contribution is -0.385. The van der Waals surface area contributed by atoms with Gasteiger partial charge in [-0.2, -0.15) is 0 Å². The predicted molar refractivity (Wildman–Crippen MR) is 107 cm³/mol. The molecule has 1 N–H and O–H groups in total. The number of nitrogens with one attached hydrogen (secondary N) is 1. The molecule has 30 heavy (non-hydrogen) atoms. The molecule has 2 aliphatic rings. The van der Waals surface area contributed by atoms with Gasteiger partial charge in [0.25, 0.3) is 23.4 Å². The molecule has 9 nitrogen and oxygen atoms in total. The molecule has 1 unspecified atom stereocenters. The van der Waals surface area contributed by atoms with E-state index in [0.29, 0.717) is 12.3 Å². The zero-order valence-corrected chi connectivity index (χ0v) is 16.2. The minimum atomic E-state index is -0.547. The van der Waals surface area contributed by atoms with Crippen LogP contribution >= 0.6 is 0 Å². The quantitative estimate of drug-likeness (QED) is 0.461. The van der Waals surface area contributed by atoms with E-state index >= 15 is 0 Å². The zero-order valence-electron chi connectivity index (χ0n) is 16.2. The van der Waals surface area contributed by atoms with Crippen LogP contribution in [0.4, 0.5) is 11.4 Å². The van der Waals surface area contributed by atoms with E-state index in [-0.39, 0.29) is 46.5 Å². The van der Waals surface area contributed by atoms with Crippen molar-refractivity contribution in [2.75, 3.05) is 18.5 Å². The van der Waals surface area contributed by atoms with Crippen molar-refractivity contribution in [3.05, 3.63) is 68.8 Å². The number of fused-ring (bicyclic) bond motifs is 1. The van der Waals surface area contributed by atoms with E-state index < -0.39 is 16.7 Å². The monoisotopic (exact) mass is 409 g/mol. The van der Waals surface area contributed by atoms with Crippen molar-refractivity contribution in [2.45, 2.75) is 25.9 Å². The highest BCUT2D eigenvalue weighted by Gasteiger charge is 2.37. The summed E-state index contributed by atoms with van der Waals surface area (Å²) >= 11 is 0. The molecule has 2 aliphatic heterocycles. The lowest BCUT2D eigenvalue weighted by atomic mass is 10.1. The van der Waals surface area contributed by atoms with E-state index in [1.807, 2.05) is 0 Å². The zero-order chi connectivity index (χ0) is 21.4. The smallest absolute Gasteiger partial charge is 0.273 e. The second-order valence-electron chi connectivity index (χ2n) is 7.28. The number of anilines is 1. The summed E-state index contributed by atoms with van der Waals surface area (Å²) in [6.45, 7) is 2.34. The summed E-state index contributed by atoms with van der Waals surface area (Å²) in [5, 5.41) is 13.7. The minimum Gasteiger partial charge on any atom is -0.376 e. The molecule has 2 heterocycles. The fourth-order valence-electron chi connectivity index (χ4n) is 3.79. The largest absolute Gasteiger partial charge is 0.376 e. The number of nitrogens with zero attached hydrogens (tertiary/aromatic N) is 2. The van der Waals surface area contributed by atoms with Crippen LogP contribution in [0.5, 0.6) is 0 Å². The maximum atomic E-state index is 12.7. The molecule has 0 aliphatic carbocycles. The molecule has 1 fully saturated rings. The van der Waals surface area contributed by atoms with Crippen LogP contribution < -0.4 is 5.32 Å². The Balaban J connectivity index is 1.55. The average molecular weight is 409 g/mol. The van der Waals surface area contributed by atoms with Crippen molar-refractivity contribution in [1.82, 2.24) is 4.90 Å². The third-order valence-corrected chi connectivity index (χ3v) is 5.39. The summed E-state index contributed by atoms with van der Waals surface area (Å²) in [5.74, 6) is -1.34. The Labute approximate surface area is 171 Å². The van der Waals surface area contributed by atoms with Gasteiger partial charge in [0.05, 0.1) is 28.7 Å². The maximum absolute atomic E-state index is 12.7.